The van der Waals surface area contributed by atoms with E-state index in [2.05, 4.69) is 132 Å². The molecule has 2 aliphatic heterocycles. The zero-order valence-electron chi connectivity index (χ0n) is 31.0. The number of furan rings is 1. The topological polar surface area (TPSA) is 59.7 Å². The fraction of sp³-hybridized carbons (Fsp3) is 0.477. The molecule has 0 unspecified atom stereocenters. The van der Waals surface area contributed by atoms with Crippen molar-refractivity contribution in [3.05, 3.63) is 104 Å². The third kappa shape index (κ3) is 5.22. The van der Waals surface area contributed by atoms with E-state index in [-0.39, 0.29) is 27.4 Å². The van der Waals surface area contributed by atoms with Crippen LogP contribution >= 0.6 is 0 Å². The SMILES string of the molecule is CC(C)(C)C1=C[C@@]23Cc4cc(C(C)(C)C)cc(c4O2)Cc2cc(C(C)(C)C)cc(c2O)Cc2cc(C(C)(C)C)cc4cc(oc24)[C@@H]1C3=O. The molecule has 0 fully saturated rings. The molecule has 48 heavy (non-hydrogen) atoms. The number of fused-ring (bicyclic) bond motifs is 5. The van der Waals surface area contributed by atoms with E-state index in [0.29, 0.717) is 30.8 Å². The molecule has 0 amide bonds. The van der Waals surface area contributed by atoms with Crippen LogP contribution in [0.5, 0.6) is 11.5 Å². The minimum Gasteiger partial charge on any atom is -0.507 e. The van der Waals surface area contributed by atoms with Crippen molar-refractivity contribution in [2.24, 2.45) is 5.41 Å². The van der Waals surface area contributed by atoms with Gasteiger partial charge in [-0.05, 0) is 84.4 Å². The summed E-state index contributed by atoms with van der Waals surface area (Å²) in [6.07, 6.45) is 3.61. The fourth-order valence-electron chi connectivity index (χ4n) is 7.85. The standard InChI is InChI=1S/C44H52O4/c1-40(2,3)30-15-24-13-26-17-31(41(4,5)6)19-28-21-34(47-37(26)28)35-33(43(10,11)12)23-44(39(35)46)22-29-20-32(42(7,8)9)18-27(38(29)48-44)14-25(16-30)36(24)45/h15-21,23,35,45H,13-14,22H2,1-12H3/t35-,44-/m1/s1. The summed E-state index contributed by atoms with van der Waals surface area (Å²) in [5.41, 5.74) is 8.49. The zero-order chi connectivity index (χ0) is 34.9. The van der Waals surface area contributed by atoms with Gasteiger partial charge < -0.3 is 14.3 Å². The Hall–Kier alpha value is -3.79. The Bertz CT molecular complexity index is 2040. The van der Waals surface area contributed by atoms with Crippen LogP contribution in [0.1, 0.15) is 139 Å². The molecule has 3 heterocycles. The largest absolute Gasteiger partial charge is 0.507 e. The van der Waals surface area contributed by atoms with E-state index in [1.54, 1.807) is 0 Å². The monoisotopic (exact) mass is 644 g/mol. The van der Waals surface area contributed by atoms with Crippen LogP contribution in [0.4, 0.5) is 0 Å². The van der Waals surface area contributed by atoms with Gasteiger partial charge in [0.2, 0.25) is 0 Å². The maximum atomic E-state index is 15.0. The van der Waals surface area contributed by atoms with Crippen LogP contribution in [-0.2, 0) is 40.3 Å². The number of phenolic OH excluding ortho intramolecular Hbond substituents is 1. The van der Waals surface area contributed by atoms with Crippen molar-refractivity contribution in [3.8, 4) is 11.5 Å². The summed E-state index contributed by atoms with van der Waals surface area (Å²) in [6, 6.07) is 15.3. The van der Waals surface area contributed by atoms with Gasteiger partial charge in [0.25, 0.3) is 0 Å². The Balaban J connectivity index is 1.57. The van der Waals surface area contributed by atoms with Gasteiger partial charge in [-0.15, -0.1) is 0 Å². The van der Waals surface area contributed by atoms with E-state index in [1.165, 1.54) is 16.7 Å². The molecule has 1 spiro atoms. The summed E-state index contributed by atoms with van der Waals surface area (Å²) in [7, 11) is 0. The average Bonchev–Trinajstić information content (AvgIpc) is 3.62. The van der Waals surface area contributed by atoms with Crippen molar-refractivity contribution in [3.63, 3.8) is 0 Å². The Labute approximate surface area is 286 Å². The lowest BCUT2D eigenvalue weighted by molar-refractivity contribution is -0.129. The lowest BCUT2D eigenvalue weighted by Crippen LogP contribution is -2.40. The molecule has 1 N–H and O–H groups in total. The highest BCUT2D eigenvalue weighted by Gasteiger charge is 2.56. The van der Waals surface area contributed by atoms with Gasteiger partial charge in [-0.3, -0.25) is 4.79 Å². The molecule has 3 aliphatic rings. The Morgan fingerprint density at radius 1 is 0.646 bits per heavy atom. The number of rotatable bonds is 0. The third-order valence-electron chi connectivity index (χ3n) is 10.8. The van der Waals surface area contributed by atoms with Crippen LogP contribution in [0.3, 0.4) is 0 Å². The number of hydrogen-bond donors (Lipinski definition) is 1. The Morgan fingerprint density at radius 3 is 1.71 bits per heavy atom. The van der Waals surface area contributed by atoms with E-state index in [9.17, 15) is 9.90 Å². The van der Waals surface area contributed by atoms with E-state index in [4.69, 9.17) is 9.15 Å². The van der Waals surface area contributed by atoms with Crippen molar-refractivity contribution in [2.45, 2.75) is 130 Å². The highest BCUT2D eigenvalue weighted by Crippen LogP contribution is 2.54. The first-order valence-corrected chi connectivity index (χ1v) is 17.6. The Morgan fingerprint density at radius 2 is 1.15 bits per heavy atom. The van der Waals surface area contributed by atoms with Gasteiger partial charge in [-0.25, -0.2) is 0 Å². The van der Waals surface area contributed by atoms with Crippen molar-refractivity contribution in [2.75, 3.05) is 0 Å². The molecule has 0 saturated carbocycles. The molecule has 7 bridgehead atoms. The quantitative estimate of drug-likeness (QED) is 0.194. The number of phenols is 1. The van der Waals surface area contributed by atoms with Gasteiger partial charge in [0.15, 0.2) is 11.4 Å². The molecule has 4 heteroatoms. The summed E-state index contributed by atoms with van der Waals surface area (Å²) in [5.74, 6) is 1.25. The third-order valence-corrected chi connectivity index (χ3v) is 10.8. The van der Waals surface area contributed by atoms with Crippen LogP contribution < -0.4 is 4.74 Å². The predicted octanol–water partition coefficient (Wildman–Crippen LogP) is 10.5. The minimum absolute atomic E-state index is 0.0387. The number of ether oxygens (including phenoxy) is 1. The summed E-state index contributed by atoms with van der Waals surface area (Å²) in [5, 5.41) is 13.1. The molecule has 1 aromatic heterocycles. The number of carbonyl (C=O) groups is 1. The molecule has 4 nitrogen and oxygen atoms in total. The summed E-state index contributed by atoms with van der Waals surface area (Å²) in [4.78, 5) is 15.0. The minimum atomic E-state index is -1.11. The zero-order valence-corrected chi connectivity index (χ0v) is 31.0. The lowest BCUT2D eigenvalue weighted by atomic mass is 9.79. The highest BCUT2D eigenvalue weighted by molar-refractivity contribution is 6.03. The van der Waals surface area contributed by atoms with Crippen molar-refractivity contribution < 1.29 is 19.1 Å². The molecule has 1 aliphatic carbocycles. The summed E-state index contributed by atoms with van der Waals surface area (Å²) < 4.78 is 13.8. The van der Waals surface area contributed by atoms with Crippen molar-refractivity contribution in [1.82, 2.24) is 0 Å². The van der Waals surface area contributed by atoms with Gasteiger partial charge in [0, 0.05) is 30.2 Å². The van der Waals surface area contributed by atoms with Crippen LogP contribution in [0, 0.1) is 5.41 Å². The van der Waals surface area contributed by atoms with Gasteiger partial charge >= 0.3 is 0 Å². The summed E-state index contributed by atoms with van der Waals surface area (Å²) >= 11 is 0. The maximum Gasteiger partial charge on any atom is 0.195 e. The van der Waals surface area contributed by atoms with E-state index >= 15 is 0 Å². The first kappa shape index (κ1) is 32.7. The van der Waals surface area contributed by atoms with E-state index in [1.807, 2.05) is 0 Å². The molecular weight excluding hydrogens is 592 g/mol. The van der Waals surface area contributed by atoms with Gasteiger partial charge in [0.05, 0.1) is 0 Å². The fourth-order valence-corrected chi connectivity index (χ4v) is 7.85. The maximum absolute atomic E-state index is 15.0. The number of Topliss-reactive ketones (excluding diaryl/α,β-unsaturated/α-hetero) is 1. The number of allylic oxidation sites excluding steroid dienone is 1. The molecule has 7 rings (SSSR count). The second-order valence-corrected chi connectivity index (χ2v) is 18.9. The lowest BCUT2D eigenvalue weighted by Gasteiger charge is -2.25. The smallest absolute Gasteiger partial charge is 0.195 e. The molecular formula is C44H52O4. The summed E-state index contributed by atoms with van der Waals surface area (Å²) in [6.45, 7) is 26.5. The molecule has 4 aromatic rings. The van der Waals surface area contributed by atoms with Crippen LogP contribution in [-0.4, -0.2) is 16.5 Å². The normalized spacial score (nSPS) is 21.0. The van der Waals surface area contributed by atoms with Crippen molar-refractivity contribution >= 4 is 16.8 Å². The average molecular weight is 645 g/mol. The van der Waals surface area contributed by atoms with Crippen LogP contribution in [0.2, 0.25) is 0 Å². The molecule has 3 aromatic carbocycles. The van der Waals surface area contributed by atoms with Crippen LogP contribution in [0.15, 0.2) is 58.5 Å². The molecule has 0 saturated heterocycles. The second kappa shape index (κ2) is 10.1. The first-order valence-electron chi connectivity index (χ1n) is 17.6. The molecule has 252 valence electrons. The number of aromatic hydroxyl groups is 1. The number of benzene rings is 3. The number of ketones is 1. The first-order chi connectivity index (χ1) is 22.0. The number of carbonyl (C=O) groups excluding carboxylic acids is 1. The van der Waals surface area contributed by atoms with Gasteiger partial charge in [0.1, 0.15) is 28.8 Å². The van der Waals surface area contributed by atoms with E-state index in [0.717, 1.165) is 50.1 Å². The number of hydrogen-bond acceptors (Lipinski definition) is 4. The molecule has 0 radical (unpaired) electrons. The second-order valence-electron chi connectivity index (χ2n) is 18.9. The predicted molar refractivity (Wildman–Crippen MR) is 195 cm³/mol. The highest BCUT2D eigenvalue weighted by atomic mass is 16.5. The Kier molecular flexibility index (Phi) is 6.90. The molecule has 2 atom stereocenters. The van der Waals surface area contributed by atoms with Gasteiger partial charge in [-0.2, -0.15) is 0 Å². The van der Waals surface area contributed by atoms with Gasteiger partial charge in [-0.1, -0.05) is 113 Å². The van der Waals surface area contributed by atoms with E-state index < -0.39 is 11.5 Å². The van der Waals surface area contributed by atoms with Crippen molar-refractivity contribution in [1.29, 1.82) is 0 Å². The van der Waals surface area contributed by atoms with Crippen LogP contribution in [0.25, 0.3) is 11.0 Å².